The van der Waals surface area contributed by atoms with Crippen molar-refractivity contribution >= 4 is 22.0 Å². The monoisotopic (exact) mass is 323 g/mol. The van der Waals surface area contributed by atoms with Crippen molar-refractivity contribution in [1.82, 2.24) is 0 Å². The molecule has 2 aliphatic rings. The van der Waals surface area contributed by atoms with Crippen LogP contribution in [0.1, 0.15) is 31.2 Å². The number of ether oxygens (including phenoxy) is 2. The molecule has 0 amide bonds. The quantitative estimate of drug-likeness (QED) is 0.617. The fourth-order valence-electron chi connectivity index (χ4n) is 2.13. The average Bonchev–Trinajstić information content (AvgIpc) is 3.27. The summed E-state index contributed by atoms with van der Waals surface area (Å²) in [5.74, 6) is 1.42. The second-order valence-corrected chi connectivity index (χ2v) is 5.90. The zero-order valence-electron chi connectivity index (χ0n) is 10.6. The van der Waals surface area contributed by atoms with Crippen molar-refractivity contribution in [2.24, 2.45) is 4.99 Å². The van der Waals surface area contributed by atoms with Crippen LogP contribution in [0.2, 0.25) is 0 Å². The van der Waals surface area contributed by atoms with Crippen LogP contribution in [0.25, 0.3) is 0 Å². The van der Waals surface area contributed by atoms with Gasteiger partial charge in [0.2, 0.25) is 6.08 Å². The van der Waals surface area contributed by atoms with E-state index in [1.165, 1.54) is 0 Å². The zero-order valence-corrected chi connectivity index (χ0v) is 12.2. The van der Waals surface area contributed by atoms with Gasteiger partial charge < -0.3 is 9.47 Å². The summed E-state index contributed by atoms with van der Waals surface area (Å²) in [6.07, 6.45) is 5.91. The molecule has 19 heavy (non-hydrogen) atoms. The fraction of sp³-hybridized carbons (Fsp3) is 0.500. The molecule has 4 nitrogen and oxygen atoms in total. The van der Waals surface area contributed by atoms with Gasteiger partial charge in [0, 0.05) is 0 Å². The Hall–Kier alpha value is -1.32. The predicted octanol–water partition coefficient (Wildman–Crippen LogP) is 3.32. The number of benzene rings is 1. The molecule has 0 spiro atoms. The van der Waals surface area contributed by atoms with Crippen molar-refractivity contribution < 1.29 is 14.3 Å². The topological polar surface area (TPSA) is 47.9 Å². The molecule has 100 valence electrons. The molecular weight excluding hydrogens is 310 g/mol. The molecular formula is C14H14BrNO3. The minimum absolute atomic E-state index is 0.305. The lowest BCUT2D eigenvalue weighted by molar-refractivity contribution is 0.280. The van der Waals surface area contributed by atoms with Crippen molar-refractivity contribution in [3.63, 3.8) is 0 Å². The summed E-state index contributed by atoms with van der Waals surface area (Å²) in [6.45, 7) is 0. The Labute approximate surface area is 119 Å². The van der Waals surface area contributed by atoms with Crippen LogP contribution in [0.15, 0.2) is 21.6 Å². The van der Waals surface area contributed by atoms with E-state index in [0.29, 0.717) is 11.9 Å². The van der Waals surface area contributed by atoms with Gasteiger partial charge in [0.1, 0.15) is 0 Å². The van der Waals surface area contributed by atoms with E-state index in [0.717, 1.165) is 41.5 Å². The van der Waals surface area contributed by atoms with E-state index in [9.17, 15) is 4.79 Å². The summed E-state index contributed by atoms with van der Waals surface area (Å²) in [5, 5.41) is 0. The van der Waals surface area contributed by atoms with Gasteiger partial charge in [0.15, 0.2) is 11.5 Å². The van der Waals surface area contributed by atoms with Crippen LogP contribution in [0, 0.1) is 0 Å². The van der Waals surface area contributed by atoms with Crippen LogP contribution >= 0.6 is 15.9 Å². The lowest BCUT2D eigenvalue weighted by Crippen LogP contribution is -2.05. The number of hydrogen-bond donors (Lipinski definition) is 0. The zero-order chi connectivity index (χ0) is 13.5. The lowest BCUT2D eigenvalue weighted by atomic mass is 10.0. The van der Waals surface area contributed by atoms with Gasteiger partial charge in [-0.15, -0.1) is 0 Å². The van der Waals surface area contributed by atoms with Gasteiger partial charge in [-0.2, -0.15) is 4.99 Å². The highest BCUT2D eigenvalue weighted by atomic mass is 79.9. The Morgan fingerprint density at radius 2 is 2.16 bits per heavy atom. The van der Waals surface area contributed by atoms with Crippen molar-refractivity contribution in [3.05, 3.63) is 22.2 Å². The van der Waals surface area contributed by atoms with Gasteiger partial charge in [-0.25, -0.2) is 4.79 Å². The summed E-state index contributed by atoms with van der Waals surface area (Å²) < 4.78 is 12.1. The highest BCUT2D eigenvalue weighted by molar-refractivity contribution is 9.10. The predicted molar refractivity (Wildman–Crippen MR) is 73.4 cm³/mol. The number of hydrogen-bond acceptors (Lipinski definition) is 4. The van der Waals surface area contributed by atoms with Gasteiger partial charge in [-0.1, -0.05) is 0 Å². The summed E-state index contributed by atoms with van der Waals surface area (Å²) in [6, 6.07) is 3.88. The average molecular weight is 324 g/mol. The minimum Gasteiger partial charge on any atom is -0.493 e. The third-order valence-electron chi connectivity index (χ3n) is 3.56. The summed E-state index contributed by atoms with van der Waals surface area (Å²) in [7, 11) is 1.62. The van der Waals surface area contributed by atoms with Crippen LogP contribution in [0.5, 0.6) is 11.5 Å². The number of methoxy groups -OCH3 is 1. The van der Waals surface area contributed by atoms with E-state index in [1.807, 2.05) is 12.1 Å². The molecule has 0 radical (unpaired) electrons. The molecule has 0 aromatic heterocycles. The molecule has 0 unspecified atom stereocenters. The maximum absolute atomic E-state index is 10.5. The number of aliphatic imine (C=N–C) groups is 1. The first-order chi connectivity index (χ1) is 9.18. The first-order valence-electron chi connectivity index (χ1n) is 6.32. The smallest absolute Gasteiger partial charge is 0.235 e. The fourth-order valence-corrected chi connectivity index (χ4v) is 2.66. The SMILES string of the molecule is COc1cc(C2(N=C=O)CC2)cc(Br)c1OC1CC1. The molecule has 1 aromatic rings. The van der Waals surface area contributed by atoms with Gasteiger partial charge >= 0.3 is 0 Å². The number of isocyanates is 1. The Balaban J connectivity index is 1.99. The van der Waals surface area contributed by atoms with E-state index < -0.39 is 5.54 Å². The van der Waals surface area contributed by atoms with Crippen molar-refractivity contribution in [3.8, 4) is 11.5 Å². The third kappa shape index (κ3) is 2.40. The number of rotatable bonds is 5. The number of carbonyl (C=O) groups excluding carboxylic acids is 1. The first kappa shape index (κ1) is 12.7. The number of nitrogens with zero attached hydrogens (tertiary/aromatic N) is 1. The van der Waals surface area contributed by atoms with Gasteiger partial charge in [-0.3, -0.25) is 0 Å². The van der Waals surface area contributed by atoms with Crippen LogP contribution < -0.4 is 9.47 Å². The lowest BCUT2D eigenvalue weighted by Gasteiger charge is -2.16. The summed E-state index contributed by atoms with van der Waals surface area (Å²) in [4.78, 5) is 14.5. The maximum Gasteiger partial charge on any atom is 0.235 e. The normalized spacial score (nSPS) is 19.5. The van der Waals surface area contributed by atoms with Crippen molar-refractivity contribution in [2.75, 3.05) is 7.11 Å². The van der Waals surface area contributed by atoms with E-state index in [1.54, 1.807) is 13.2 Å². The van der Waals surface area contributed by atoms with E-state index in [-0.39, 0.29) is 0 Å². The van der Waals surface area contributed by atoms with E-state index in [4.69, 9.17) is 9.47 Å². The molecule has 2 saturated carbocycles. The molecule has 2 fully saturated rings. The first-order valence-corrected chi connectivity index (χ1v) is 7.11. The molecule has 0 heterocycles. The van der Waals surface area contributed by atoms with Crippen LogP contribution in [-0.4, -0.2) is 19.3 Å². The molecule has 0 saturated heterocycles. The Morgan fingerprint density at radius 3 is 2.68 bits per heavy atom. The van der Waals surface area contributed by atoms with Crippen LogP contribution in [0.4, 0.5) is 0 Å². The minimum atomic E-state index is -0.393. The van der Waals surface area contributed by atoms with E-state index in [2.05, 4.69) is 20.9 Å². The summed E-state index contributed by atoms with van der Waals surface area (Å²) >= 11 is 3.52. The second kappa shape index (κ2) is 4.66. The Kier molecular flexibility index (Phi) is 3.11. The maximum atomic E-state index is 10.5. The molecule has 5 heteroatoms. The van der Waals surface area contributed by atoms with Crippen LogP contribution in [-0.2, 0) is 10.3 Å². The molecule has 0 aliphatic heterocycles. The molecule has 0 bridgehead atoms. The highest BCUT2D eigenvalue weighted by Gasteiger charge is 2.45. The largest absolute Gasteiger partial charge is 0.493 e. The second-order valence-electron chi connectivity index (χ2n) is 5.04. The van der Waals surface area contributed by atoms with Crippen LogP contribution in [0.3, 0.4) is 0 Å². The van der Waals surface area contributed by atoms with Gasteiger partial charge in [-0.05, 0) is 59.3 Å². The molecule has 0 atom stereocenters. The summed E-state index contributed by atoms with van der Waals surface area (Å²) in [5.41, 5.74) is 0.582. The molecule has 1 aromatic carbocycles. The Bertz CT molecular complexity index is 558. The van der Waals surface area contributed by atoms with Crippen molar-refractivity contribution in [1.29, 1.82) is 0 Å². The molecule has 2 aliphatic carbocycles. The van der Waals surface area contributed by atoms with Gasteiger partial charge in [0.25, 0.3) is 0 Å². The van der Waals surface area contributed by atoms with E-state index >= 15 is 0 Å². The molecule has 3 rings (SSSR count). The Morgan fingerprint density at radius 1 is 1.42 bits per heavy atom. The number of halogens is 1. The van der Waals surface area contributed by atoms with Gasteiger partial charge in [0.05, 0.1) is 23.2 Å². The highest BCUT2D eigenvalue weighted by Crippen LogP contribution is 2.52. The van der Waals surface area contributed by atoms with Crippen molar-refractivity contribution in [2.45, 2.75) is 37.3 Å². The molecule has 0 N–H and O–H groups in total. The standard InChI is InChI=1S/C14H14BrNO3/c1-18-12-7-9(14(4-5-14)16-8-17)6-11(15)13(12)19-10-2-3-10/h6-7,10H,2-5H2,1H3. The third-order valence-corrected chi connectivity index (χ3v) is 4.15.